The minimum Gasteiger partial charge on any atom is -0.485 e. The summed E-state index contributed by atoms with van der Waals surface area (Å²) < 4.78 is 11.0. The summed E-state index contributed by atoms with van der Waals surface area (Å²) in [5.74, 6) is 0.875. The maximum atomic E-state index is 13.1. The fraction of sp³-hybridized carbons (Fsp3) is 0.412. The van der Waals surface area contributed by atoms with Crippen molar-refractivity contribution in [3.05, 3.63) is 40.2 Å². The minimum atomic E-state index is -0.349. The first-order chi connectivity index (χ1) is 10.9. The van der Waals surface area contributed by atoms with Gasteiger partial charge in [-0.2, -0.15) is 0 Å². The maximum absolute atomic E-state index is 13.1. The number of nitrogens with zero attached hydrogens (tertiary/aromatic N) is 2. The first kappa shape index (κ1) is 15.9. The van der Waals surface area contributed by atoms with Crippen molar-refractivity contribution < 1.29 is 14.1 Å². The zero-order valence-electron chi connectivity index (χ0n) is 13.6. The Bertz CT molecular complexity index is 737. The molecule has 1 aliphatic heterocycles. The minimum absolute atomic E-state index is 0.0157. The number of benzene rings is 1. The topological polar surface area (TPSA) is 55.6 Å². The SMILES string of the molecule is Cc1noc(C)c1[C@@H](C)C(=O)N1C[C@@H](C)Oc2c(Cl)cccc21. The number of fused-ring (bicyclic) bond motifs is 1. The van der Waals surface area contributed by atoms with Crippen LogP contribution in [0.25, 0.3) is 0 Å². The molecule has 0 N–H and O–H groups in total. The highest BCUT2D eigenvalue weighted by atomic mass is 35.5. The van der Waals surface area contributed by atoms with Crippen LogP contribution in [-0.4, -0.2) is 23.7 Å². The summed E-state index contributed by atoms with van der Waals surface area (Å²) in [7, 11) is 0. The van der Waals surface area contributed by atoms with Crippen molar-refractivity contribution in [3.8, 4) is 5.75 Å². The molecule has 1 aromatic heterocycles. The number of hydrogen-bond acceptors (Lipinski definition) is 4. The number of amides is 1. The molecule has 6 heteroatoms. The lowest BCUT2D eigenvalue weighted by molar-refractivity contribution is -0.120. The zero-order valence-corrected chi connectivity index (χ0v) is 14.3. The summed E-state index contributed by atoms with van der Waals surface area (Å²) in [6.07, 6.45) is -0.122. The standard InChI is InChI=1S/C17H19ClN2O3/c1-9-8-20(14-7-5-6-13(18)16(14)22-9)17(21)10(2)15-11(3)19-23-12(15)4/h5-7,9-10H,8H2,1-4H3/t9-,10-/m1/s1. The molecule has 1 aromatic carbocycles. The van der Waals surface area contributed by atoms with Crippen LogP contribution in [0.4, 0.5) is 5.69 Å². The number of ether oxygens (including phenoxy) is 1. The molecule has 5 nitrogen and oxygen atoms in total. The summed E-state index contributed by atoms with van der Waals surface area (Å²) in [4.78, 5) is 14.8. The number of hydrogen-bond donors (Lipinski definition) is 0. The van der Waals surface area contributed by atoms with Gasteiger partial charge in [0.2, 0.25) is 5.91 Å². The average molecular weight is 335 g/mol. The van der Waals surface area contributed by atoms with E-state index in [0.717, 1.165) is 11.3 Å². The van der Waals surface area contributed by atoms with E-state index in [1.165, 1.54) is 0 Å². The van der Waals surface area contributed by atoms with Crippen molar-refractivity contribution in [2.75, 3.05) is 11.4 Å². The number of anilines is 1. The maximum Gasteiger partial charge on any atom is 0.234 e. The zero-order chi connectivity index (χ0) is 16.7. The molecule has 2 atom stereocenters. The van der Waals surface area contributed by atoms with E-state index in [1.807, 2.05) is 39.8 Å². The number of rotatable bonds is 2. The van der Waals surface area contributed by atoms with Gasteiger partial charge in [0.1, 0.15) is 11.9 Å². The molecule has 0 aliphatic carbocycles. The summed E-state index contributed by atoms with van der Waals surface area (Å²) in [6, 6.07) is 5.44. The van der Waals surface area contributed by atoms with Gasteiger partial charge >= 0.3 is 0 Å². The molecule has 23 heavy (non-hydrogen) atoms. The number of carbonyl (C=O) groups is 1. The summed E-state index contributed by atoms with van der Waals surface area (Å²) >= 11 is 6.22. The third kappa shape index (κ3) is 2.70. The number of aryl methyl sites for hydroxylation is 2. The summed E-state index contributed by atoms with van der Waals surface area (Å²) in [6.45, 7) is 7.96. The van der Waals surface area contributed by atoms with Gasteiger partial charge < -0.3 is 14.2 Å². The van der Waals surface area contributed by atoms with Crippen LogP contribution in [-0.2, 0) is 4.79 Å². The normalized spacial score (nSPS) is 18.3. The second kappa shape index (κ2) is 5.89. The number of aromatic nitrogens is 1. The molecular weight excluding hydrogens is 316 g/mol. The molecular formula is C17H19ClN2O3. The van der Waals surface area contributed by atoms with E-state index >= 15 is 0 Å². The second-order valence-electron chi connectivity index (χ2n) is 5.92. The monoisotopic (exact) mass is 334 g/mol. The third-order valence-corrected chi connectivity index (χ3v) is 4.45. The Morgan fingerprint density at radius 3 is 2.83 bits per heavy atom. The molecule has 0 saturated heterocycles. The van der Waals surface area contributed by atoms with Crippen molar-refractivity contribution >= 4 is 23.2 Å². The second-order valence-corrected chi connectivity index (χ2v) is 6.33. The van der Waals surface area contributed by atoms with Crippen molar-refractivity contribution in [1.82, 2.24) is 5.16 Å². The van der Waals surface area contributed by atoms with Crippen molar-refractivity contribution in [2.24, 2.45) is 0 Å². The predicted molar refractivity (Wildman–Crippen MR) is 88.3 cm³/mol. The van der Waals surface area contributed by atoms with Crippen LogP contribution < -0.4 is 9.64 Å². The quantitative estimate of drug-likeness (QED) is 0.836. The largest absolute Gasteiger partial charge is 0.485 e. The Kier molecular flexibility index (Phi) is 4.06. The van der Waals surface area contributed by atoms with Gasteiger partial charge in [-0.1, -0.05) is 22.8 Å². The van der Waals surface area contributed by atoms with Gasteiger partial charge in [0.15, 0.2) is 5.75 Å². The van der Waals surface area contributed by atoms with Crippen molar-refractivity contribution in [1.29, 1.82) is 0 Å². The molecule has 0 unspecified atom stereocenters. The number of carbonyl (C=O) groups excluding carboxylic acids is 1. The highest BCUT2D eigenvalue weighted by Crippen LogP contribution is 2.40. The smallest absolute Gasteiger partial charge is 0.234 e. The van der Waals surface area contributed by atoms with E-state index in [1.54, 1.807) is 11.0 Å². The molecule has 1 amide bonds. The highest BCUT2D eigenvalue weighted by Gasteiger charge is 2.33. The molecule has 2 aromatic rings. The van der Waals surface area contributed by atoms with Gasteiger partial charge in [0.25, 0.3) is 0 Å². The van der Waals surface area contributed by atoms with Gasteiger partial charge in [-0.15, -0.1) is 0 Å². The van der Waals surface area contributed by atoms with Gasteiger partial charge in [-0.3, -0.25) is 4.79 Å². The van der Waals surface area contributed by atoms with Crippen LogP contribution in [0.5, 0.6) is 5.75 Å². The van der Waals surface area contributed by atoms with E-state index < -0.39 is 0 Å². The Morgan fingerprint density at radius 2 is 2.17 bits per heavy atom. The van der Waals surface area contributed by atoms with Crippen LogP contribution in [0.15, 0.2) is 22.7 Å². The van der Waals surface area contributed by atoms with Gasteiger partial charge in [0.05, 0.1) is 28.9 Å². The van der Waals surface area contributed by atoms with E-state index in [2.05, 4.69) is 5.16 Å². The first-order valence-corrected chi connectivity index (χ1v) is 7.97. The molecule has 0 radical (unpaired) electrons. The first-order valence-electron chi connectivity index (χ1n) is 7.59. The van der Waals surface area contributed by atoms with Crippen LogP contribution >= 0.6 is 11.6 Å². The highest BCUT2D eigenvalue weighted by molar-refractivity contribution is 6.32. The average Bonchev–Trinajstić information content (AvgIpc) is 2.85. The van der Waals surface area contributed by atoms with E-state index in [9.17, 15) is 4.79 Å². The molecule has 122 valence electrons. The summed E-state index contributed by atoms with van der Waals surface area (Å²) in [5.41, 5.74) is 2.30. The molecule has 0 fully saturated rings. The molecule has 0 spiro atoms. The number of para-hydroxylation sites is 1. The number of halogens is 1. The Morgan fingerprint density at radius 1 is 1.43 bits per heavy atom. The molecule has 0 saturated carbocycles. The van der Waals surface area contributed by atoms with Gasteiger partial charge in [-0.05, 0) is 39.8 Å². The molecule has 0 bridgehead atoms. The predicted octanol–water partition coefficient (Wildman–Crippen LogP) is 3.86. The van der Waals surface area contributed by atoms with E-state index in [4.69, 9.17) is 20.9 Å². The van der Waals surface area contributed by atoms with Crippen LogP contribution in [0, 0.1) is 13.8 Å². The summed E-state index contributed by atoms with van der Waals surface area (Å²) in [5, 5.41) is 4.46. The lowest BCUT2D eigenvalue weighted by Crippen LogP contribution is -2.44. The van der Waals surface area contributed by atoms with Crippen molar-refractivity contribution in [3.63, 3.8) is 0 Å². The fourth-order valence-corrected chi connectivity index (χ4v) is 3.31. The van der Waals surface area contributed by atoms with E-state index in [-0.39, 0.29) is 17.9 Å². The third-order valence-electron chi connectivity index (χ3n) is 4.15. The Labute approximate surface area is 140 Å². The lowest BCUT2D eigenvalue weighted by Gasteiger charge is -2.35. The Balaban J connectivity index is 1.99. The molecule has 2 heterocycles. The molecule has 1 aliphatic rings. The fourth-order valence-electron chi connectivity index (χ4n) is 3.09. The van der Waals surface area contributed by atoms with Crippen LogP contribution in [0.2, 0.25) is 5.02 Å². The molecule has 3 rings (SSSR count). The van der Waals surface area contributed by atoms with Crippen molar-refractivity contribution in [2.45, 2.75) is 39.7 Å². The van der Waals surface area contributed by atoms with Gasteiger partial charge in [-0.25, -0.2) is 0 Å². The van der Waals surface area contributed by atoms with Crippen LogP contribution in [0.3, 0.4) is 0 Å². The Hall–Kier alpha value is -2.01. The van der Waals surface area contributed by atoms with Gasteiger partial charge in [0, 0.05) is 5.56 Å². The van der Waals surface area contributed by atoms with E-state index in [0.29, 0.717) is 28.8 Å². The van der Waals surface area contributed by atoms with Crippen LogP contribution in [0.1, 0.15) is 36.8 Å². The lowest BCUT2D eigenvalue weighted by atomic mass is 9.97.